The number of fused-ring (bicyclic) bond motifs is 1. The van der Waals surface area contributed by atoms with Crippen molar-refractivity contribution in [2.45, 2.75) is 31.8 Å². The Labute approximate surface area is 187 Å². The van der Waals surface area contributed by atoms with Crippen LogP contribution in [0.15, 0.2) is 44.5 Å². The second-order valence-corrected chi connectivity index (χ2v) is 8.75. The summed E-state index contributed by atoms with van der Waals surface area (Å²) in [6, 6.07) is 7.79. The van der Waals surface area contributed by atoms with Gasteiger partial charge in [-0.2, -0.15) is 0 Å². The van der Waals surface area contributed by atoms with E-state index < -0.39 is 11.2 Å². The van der Waals surface area contributed by atoms with Gasteiger partial charge in [0.2, 0.25) is 5.91 Å². The monoisotopic (exact) mass is 489 g/mol. The molecular formula is C21H24BrN5O4. The first-order valence-corrected chi connectivity index (χ1v) is 11.0. The lowest BCUT2D eigenvalue weighted by molar-refractivity contribution is -0.133. The fraction of sp³-hybridized carbons (Fsp3) is 0.429. The zero-order chi connectivity index (χ0) is 22.1. The van der Waals surface area contributed by atoms with Gasteiger partial charge in [0.25, 0.3) is 5.56 Å². The second-order valence-electron chi connectivity index (χ2n) is 7.89. The lowest BCUT2D eigenvalue weighted by Crippen LogP contribution is -2.51. The molecule has 0 bridgehead atoms. The van der Waals surface area contributed by atoms with Crippen molar-refractivity contribution < 1.29 is 9.59 Å². The van der Waals surface area contributed by atoms with Gasteiger partial charge in [-0.05, 0) is 46.8 Å². The average molecular weight is 490 g/mol. The summed E-state index contributed by atoms with van der Waals surface area (Å²) in [5.74, 6) is -0.182. The number of hydrogen-bond acceptors (Lipinski definition) is 4. The Kier molecular flexibility index (Phi) is 5.99. The van der Waals surface area contributed by atoms with E-state index in [1.807, 2.05) is 29.2 Å². The van der Waals surface area contributed by atoms with E-state index in [0.29, 0.717) is 32.5 Å². The van der Waals surface area contributed by atoms with Gasteiger partial charge in [0.15, 0.2) is 0 Å². The summed E-state index contributed by atoms with van der Waals surface area (Å²) in [7, 11) is 1.38. The lowest BCUT2D eigenvalue weighted by atomic mass is 10.0. The molecule has 31 heavy (non-hydrogen) atoms. The van der Waals surface area contributed by atoms with Crippen molar-refractivity contribution in [2.24, 2.45) is 7.05 Å². The molecule has 1 aromatic heterocycles. The largest absolute Gasteiger partial charge is 0.341 e. The number of para-hydroxylation sites is 1. The molecule has 0 radical (unpaired) electrons. The molecular weight excluding hydrogens is 466 g/mol. The first-order chi connectivity index (χ1) is 14.8. The number of anilines is 1. The second kappa shape index (κ2) is 8.70. The van der Waals surface area contributed by atoms with Crippen LogP contribution >= 0.6 is 15.9 Å². The molecule has 0 aliphatic carbocycles. The number of carbonyl (C=O) groups excluding carboxylic acids is 2. The van der Waals surface area contributed by atoms with E-state index in [1.165, 1.54) is 17.8 Å². The number of halogens is 1. The number of rotatable bonds is 3. The van der Waals surface area contributed by atoms with Gasteiger partial charge in [0.05, 0.1) is 4.47 Å². The molecule has 2 aliphatic heterocycles. The number of carbonyl (C=O) groups is 2. The fourth-order valence-corrected chi connectivity index (χ4v) is 4.72. The van der Waals surface area contributed by atoms with E-state index in [1.54, 1.807) is 4.90 Å². The summed E-state index contributed by atoms with van der Waals surface area (Å²) < 4.78 is 2.44. The van der Waals surface area contributed by atoms with Gasteiger partial charge in [0.1, 0.15) is 6.54 Å². The smallest absolute Gasteiger partial charge is 0.331 e. The Morgan fingerprint density at radius 1 is 1.13 bits per heavy atom. The highest BCUT2D eigenvalue weighted by Gasteiger charge is 2.31. The van der Waals surface area contributed by atoms with Crippen LogP contribution in [0, 0.1) is 0 Å². The highest BCUT2D eigenvalue weighted by atomic mass is 79.9. The van der Waals surface area contributed by atoms with Gasteiger partial charge in [-0.3, -0.25) is 18.7 Å². The van der Waals surface area contributed by atoms with Crippen molar-refractivity contribution >= 4 is 33.6 Å². The average Bonchev–Trinajstić information content (AvgIpc) is 2.94. The van der Waals surface area contributed by atoms with E-state index in [9.17, 15) is 19.2 Å². The third-order valence-electron chi connectivity index (χ3n) is 6.02. The van der Waals surface area contributed by atoms with Crippen LogP contribution in [0.3, 0.4) is 0 Å². The Morgan fingerprint density at radius 2 is 1.84 bits per heavy atom. The van der Waals surface area contributed by atoms with Gasteiger partial charge < -0.3 is 15.1 Å². The number of nitrogens with zero attached hydrogens (tertiary/aromatic N) is 4. The molecule has 2 aromatic rings. The molecule has 1 aromatic carbocycles. The van der Waals surface area contributed by atoms with Crippen LogP contribution in [0.2, 0.25) is 0 Å². The third-order valence-corrected chi connectivity index (χ3v) is 6.56. The summed E-state index contributed by atoms with van der Waals surface area (Å²) in [6.07, 6.45) is 3.51. The minimum Gasteiger partial charge on any atom is -0.341 e. The molecule has 1 N–H and O–H groups in total. The summed E-state index contributed by atoms with van der Waals surface area (Å²) >= 11 is 3.13. The van der Waals surface area contributed by atoms with Crippen molar-refractivity contribution in [3.05, 3.63) is 61.3 Å². The first kappa shape index (κ1) is 21.4. The molecule has 2 aliphatic rings. The fourth-order valence-electron chi connectivity index (χ4n) is 4.21. The highest BCUT2D eigenvalue weighted by Crippen LogP contribution is 2.24. The zero-order valence-electron chi connectivity index (χ0n) is 17.2. The van der Waals surface area contributed by atoms with Crippen LogP contribution < -0.4 is 16.6 Å². The van der Waals surface area contributed by atoms with E-state index in [2.05, 4.69) is 21.2 Å². The predicted molar refractivity (Wildman–Crippen MR) is 119 cm³/mol. The van der Waals surface area contributed by atoms with Gasteiger partial charge in [-0.25, -0.2) is 9.59 Å². The van der Waals surface area contributed by atoms with E-state index in [4.69, 9.17) is 0 Å². The molecule has 1 fully saturated rings. The lowest BCUT2D eigenvalue weighted by Gasteiger charge is -2.38. The van der Waals surface area contributed by atoms with Crippen LogP contribution in [0.25, 0.3) is 0 Å². The third kappa shape index (κ3) is 4.30. The molecule has 0 atom stereocenters. The number of likely N-dealkylation sites (tertiary alicyclic amines) is 1. The topological polar surface area (TPSA) is 96.7 Å². The molecule has 164 valence electrons. The summed E-state index contributed by atoms with van der Waals surface area (Å²) in [4.78, 5) is 53.1. The maximum atomic E-state index is 12.7. The Balaban J connectivity index is 1.38. The molecule has 0 unspecified atom stereocenters. The molecule has 10 heteroatoms. The van der Waals surface area contributed by atoms with E-state index in [0.717, 1.165) is 22.2 Å². The van der Waals surface area contributed by atoms with Crippen LogP contribution in [0.1, 0.15) is 18.4 Å². The first-order valence-electron chi connectivity index (χ1n) is 10.2. The van der Waals surface area contributed by atoms with Crippen LogP contribution in [-0.2, 0) is 24.8 Å². The number of hydrogen-bond donors (Lipinski definition) is 1. The van der Waals surface area contributed by atoms with Crippen molar-refractivity contribution in [1.29, 1.82) is 0 Å². The van der Waals surface area contributed by atoms with Gasteiger partial charge in [0, 0.05) is 44.6 Å². The Morgan fingerprint density at radius 3 is 2.58 bits per heavy atom. The SMILES string of the molecule is Cn1c(=O)c(Br)cn(CC(=O)N2CCC(N3CCc4ccccc4NC3=O)CC2)c1=O. The molecule has 9 nitrogen and oxygen atoms in total. The van der Waals surface area contributed by atoms with Crippen molar-refractivity contribution in [1.82, 2.24) is 18.9 Å². The summed E-state index contributed by atoms with van der Waals surface area (Å²) in [6.45, 7) is 1.54. The normalized spacial score (nSPS) is 17.2. The Hall–Kier alpha value is -2.88. The highest BCUT2D eigenvalue weighted by molar-refractivity contribution is 9.10. The number of benzene rings is 1. The number of aromatic nitrogens is 2. The van der Waals surface area contributed by atoms with Gasteiger partial charge in [-0.1, -0.05) is 18.2 Å². The molecule has 3 amide bonds. The zero-order valence-corrected chi connectivity index (χ0v) is 18.8. The van der Waals surface area contributed by atoms with Crippen molar-refractivity contribution in [3.63, 3.8) is 0 Å². The van der Waals surface area contributed by atoms with Gasteiger partial charge in [-0.15, -0.1) is 0 Å². The summed E-state index contributed by atoms with van der Waals surface area (Å²) in [5, 5.41) is 2.99. The number of nitrogens with one attached hydrogen (secondary N) is 1. The maximum Gasteiger partial charge on any atom is 0.331 e. The molecule has 3 heterocycles. The number of amides is 3. The van der Waals surface area contributed by atoms with Crippen molar-refractivity contribution in [3.8, 4) is 0 Å². The Bertz CT molecular complexity index is 1130. The maximum absolute atomic E-state index is 12.7. The molecule has 4 rings (SSSR count). The van der Waals surface area contributed by atoms with E-state index >= 15 is 0 Å². The standard InChI is InChI=1S/C21H24BrN5O4/c1-24-19(29)16(22)12-26(21(24)31)13-18(28)25-9-7-15(8-10-25)27-11-6-14-4-2-3-5-17(14)23-20(27)30/h2-5,12,15H,6-11,13H2,1H3,(H,23,30). The predicted octanol–water partition coefficient (Wildman–Crippen LogP) is 1.39. The molecule has 0 saturated carbocycles. The van der Waals surface area contributed by atoms with Crippen LogP contribution in [-0.4, -0.2) is 56.5 Å². The number of piperidine rings is 1. The van der Waals surface area contributed by atoms with Crippen LogP contribution in [0.5, 0.6) is 0 Å². The molecule has 1 saturated heterocycles. The minimum absolute atomic E-state index is 0.0628. The van der Waals surface area contributed by atoms with Crippen LogP contribution in [0.4, 0.5) is 10.5 Å². The molecule has 0 spiro atoms. The quantitative estimate of drug-likeness (QED) is 0.704. The van der Waals surface area contributed by atoms with E-state index in [-0.39, 0.29) is 29.0 Å². The summed E-state index contributed by atoms with van der Waals surface area (Å²) in [5.41, 5.74) is 1.01. The minimum atomic E-state index is -0.530. The number of urea groups is 1. The van der Waals surface area contributed by atoms with Crippen molar-refractivity contribution in [2.75, 3.05) is 25.0 Å². The van der Waals surface area contributed by atoms with Gasteiger partial charge >= 0.3 is 11.7 Å².